The fourth-order valence-electron chi connectivity index (χ4n) is 0.618. The van der Waals surface area contributed by atoms with E-state index in [1.54, 1.807) is 6.61 Å². The number of unbranched alkanes of at least 4 members (excludes halogenated alkanes) is 2. The molecule has 1 atom stereocenters. The first kappa shape index (κ1) is 10.9. The van der Waals surface area contributed by atoms with Crippen LogP contribution in [0.3, 0.4) is 0 Å². The number of nitrogens with two attached hydrogens (primary N) is 1. The Morgan fingerprint density at radius 3 is 2.91 bits per heavy atom. The summed E-state index contributed by atoms with van der Waals surface area (Å²) in [7, 11) is 0. The minimum atomic E-state index is -0.520. The molecule has 3 nitrogen and oxygen atoms in total. The Balaban J connectivity index is 2.89. The summed E-state index contributed by atoms with van der Waals surface area (Å²) in [6.07, 6.45) is 2.74. The van der Waals surface area contributed by atoms with Crippen LogP contribution in [0.25, 0.3) is 0 Å². The van der Waals surface area contributed by atoms with Crippen molar-refractivity contribution in [3.63, 3.8) is 0 Å². The van der Waals surface area contributed by atoms with E-state index in [2.05, 4.69) is 6.92 Å². The van der Waals surface area contributed by atoms with Crippen LogP contribution in [0, 0.1) is 6.61 Å². The van der Waals surface area contributed by atoms with Gasteiger partial charge in [-0.2, -0.15) is 0 Å². The van der Waals surface area contributed by atoms with Gasteiger partial charge in [0.05, 0.1) is 19.3 Å². The summed E-state index contributed by atoms with van der Waals surface area (Å²) in [6, 6.07) is 0. The van der Waals surface area contributed by atoms with Crippen LogP contribution in [0.5, 0.6) is 0 Å². The molecule has 11 heavy (non-hydrogen) atoms. The topological polar surface area (TPSA) is 55.5 Å². The zero-order valence-electron chi connectivity index (χ0n) is 7.12. The van der Waals surface area contributed by atoms with Crippen molar-refractivity contribution in [2.24, 2.45) is 5.73 Å². The van der Waals surface area contributed by atoms with E-state index in [4.69, 9.17) is 15.6 Å². The lowest BCUT2D eigenvalue weighted by molar-refractivity contribution is 0.0688. The van der Waals surface area contributed by atoms with Crippen molar-refractivity contribution in [3.05, 3.63) is 6.61 Å². The van der Waals surface area contributed by atoms with Crippen LogP contribution >= 0.6 is 0 Å². The smallest absolute Gasteiger partial charge is 0.0895 e. The van der Waals surface area contributed by atoms with E-state index in [1.807, 2.05) is 0 Å². The predicted molar refractivity (Wildman–Crippen MR) is 44.8 cm³/mol. The molecule has 0 aliphatic heterocycles. The van der Waals surface area contributed by atoms with E-state index >= 15 is 0 Å². The van der Waals surface area contributed by atoms with Gasteiger partial charge in [-0.3, -0.25) is 0 Å². The summed E-state index contributed by atoms with van der Waals surface area (Å²) in [4.78, 5) is 0. The van der Waals surface area contributed by atoms with Crippen LogP contribution in [0.1, 0.15) is 26.2 Å². The average Bonchev–Trinajstić information content (AvgIpc) is 2.04. The lowest BCUT2D eigenvalue weighted by atomic mass is 10.3. The second-order valence-electron chi connectivity index (χ2n) is 2.53. The van der Waals surface area contributed by atoms with E-state index in [0.29, 0.717) is 6.61 Å². The number of aliphatic hydroxyl groups is 1. The molecular formula is C8H18NO2. The zero-order valence-corrected chi connectivity index (χ0v) is 7.12. The lowest BCUT2D eigenvalue weighted by Gasteiger charge is -2.07. The standard InChI is InChI=1S/C8H18NO2/c1-2-3-4-5-11-7-8(10)6-9/h5,8,10H,2-4,6-7,9H2,1H3. The Kier molecular flexibility index (Phi) is 7.89. The molecule has 1 unspecified atom stereocenters. The van der Waals surface area contributed by atoms with Gasteiger partial charge in [0.2, 0.25) is 0 Å². The molecule has 0 spiro atoms. The maximum Gasteiger partial charge on any atom is 0.0895 e. The summed E-state index contributed by atoms with van der Waals surface area (Å²) >= 11 is 0. The minimum absolute atomic E-state index is 0.265. The Morgan fingerprint density at radius 1 is 1.64 bits per heavy atom. The quantitative estimate of drug-likeness (QED) is 0.538. The van der Waals surface area contributed by atoms with Gasteiger partial charge < -0.3 is 15.6 Å². The van der Waals surface area contributed by atoms with Crippen molar-refractivity contribution in [2.75, 3.05) is 13.2 Å². The van der Waals surface area contributed by atoms with Gasteiger partial charge in [0.1, 0.15) is 0 Å². The van der Waals surface area contributed by atoms with Gasteiger partial charge in [-0.15, -0.1) is 0 Å². The molecule has 67 valence electrons. The molecule has 0 saturated carbocycles. The van der Waals surface area contributed by atoms with Gasteiger partial charge in [0, 0.05) is 6.54 Å². The van der Waals surface area contributed by atoms with E-state index in [-0.39, 0.29) is 6.54 Å². The van der Waals surface area contributed by atoms with Gasteiger partial charge in [-0.1, -0.05) is 19.8 Å². The normalized spacial score (nSPS) is 13.4. The first-order valence-corrected chi connectivity index (χ1v) is 4.12. The molecule has 0 bridgehead atoms. The number of hydrogen-bond donors (Lipinski definition) is 2. The summed E-state index contributed by atoms with van der Waals surface area (Å²) in [5.74, 6) is 0. The van der Waals surface area contributed by atoms with Crippen molar-refractivity contribution in [1.82, 2.24) is 0 Å². The summed E-state index contributed by atoms with van der Waals surface area (Å²) in [5, 5.41) is 8.94. The highest BCUT2D eigenvalue weighted by atomic mass is 16.5. The highest BCUT2D eigenvalue weighted by molar-refractivity contribution is 4.56. The van der Waals surface area contributed by atoms with Gasteiger partial charge in [0.25, 0.3) is 0 Å². The van der Waals surface area contributed by atoms with Crippen LogP contribution in [-0.4, -0.2) is 24.4 Å². The minimum Gasteiger partial charge on any atom is -0.389 e. The van der Waals surface area contributed by atoms with Crippen LogP contribution in [-0.2, 0) is 4.74 Å². The van der Waals surface area contributed by atoms with Gasteiger partial charge in [0.15, 0.2) is 0 Å². The number of ether oxygens (including phenoxy) is 1. The van der Waals surface area contributed by atoms with Crippen molar-refractivity contribution in [3.8, 4) is 0 Å². The largest absolute Gasteiger partial charge is 0.389 e. The molecule has 0 heterocycles. The van der Waals surface area contributed by atoms with Gasteiger partial charge >= 0.3 is 0 Å². The molecule has 0 fully saturated rings. The van der Waals surface area contributed by atoms with E-state index in [9.17, 15) is 0 Å². The van der Waals surface area contributed by atoms with E-state index in [0.717, 1.165) is 12.8 Å². The van der Waals surface area contributed by atoms with Crippen molar-refractivity contribution in [2.45, 2.75) is 32.3 Å². The molecule has 0 saturated heterocycles. The SMILES string of the molecule is CCCC[CH]OCC(O)CN. The summed E-state index contributed by atoms with van der Waals surface area (Å²) in [6.45, 7) is 4.45. The van der Waals surface area contributed by atoms with Crippen molar-refractivity contribution < 1.29 is 9.84 Å². The number of hydrogen-bond acceptors (Lipinski definition) is 3. The molecule has 1 radical (unpaired) electrons. The zero-order chi connectivity index (χ0) is 8.53. The second-order valence-corrected chi connectivity index (χ2v) is 2.53. The molecule has 3 N–H and O–H groups in total. The maximum atomic E-state index is 8.94. The average molecular weight is 160 g/mol. The van der Waals surface area contributed by atoms with E-state index < -0.39 is 6.10 Å². The third-order valence-corrected chi connectivity index (χ3v) is 1.35. The van der Waals surface area contributed by atoms with Crippen molar-refractivity contribution >= 4 is 0 Å². The maximum absolute atomic E-state index is 8.94. The highest BCUT2D eigenvalue weighted by Crippen LogP contribution is 1.98. The fourth-order valence-corrected chi connectivity index (χ4v) is 0.618. The predicted octanol–water partition coefficient (Wildman–Crippen LogP) is 0.675. The first-order valence-electron chi connectivity index (χ1n) is 4.12. The second kappa shape index (κ2) is 7.98. The highest BCUT2D eigenvalue weighted by Gasteiger charge is 1.99. The Bertz CT molecular complexity index is 78.5. The van der Waals surface area contributed by atoms with E-state index in [1.165, 1.54) is 6.42 Å². The molecule has 0 rings (SSSR count). The molecule has 0 amide bonds. The third-order valence-electron chi connectivity index (χ3n) is 1.35. The molecule has 3 heteroatoms. The monoisotopic (exact) mass is 160 g/mol. The number of rotatable bonds is 7. The lowest BCUT2D eigenvalue weighted by Crippen LogP contribution is -2.24. The molecule has 0 aromatic carbocycles. The summed E-state index contributed by atoms with van der Waals surface area (Å²) < 4.78 is 5.03. The third kappa shape index (κ3) is 7.78. The van der Waals surface area contributed by atoms with Crippen LogP contribution < -0.4 is 5.73 Å². The Morgan fingerprint density at radius 2 is 2.36 bits per heavy atom. The molecular weight excluding hydrogens is 142 g/mol. The van der Waals surface area contributed by atoms with Gasteiger partial charge in [-0.25, -0.2) is 0 Å². The first-order chi connectivity index (χ1) is 5.31. The Hall–Kier alpha value is -0.120. The molecule has 0 aromatic heterocycles. The molecule has 0 aromatic rings. The van der Waals surface area contributed by atoms with Crippen LogP contribution in [0.15, 0.2) is 0 Å². The van der Waals surface area contributed by atoms with Crippen molar-refractivity contribution in [1.29, 1.82) is 0 Å². The fraction of sp³-hybridized carbons (Fsp3) is 0.875. The molecule has 0 aliphatic carbocycles. The molecule has 0 aliphatic rings. The van der Waals surface area contributed by atoms with Crippen LogP contribution in [0.2, 0.25) is 0 Å². The summed E-state index contributed by atoms with van der Waals surface area (Å²) in [5.41, 5.74) is 5.17. The Labute approximate surface area is 68.5 Å². The van der Waals surface area contributed by atoms with Gasteiger partial charge in [-0.05, 0) is 6.42 Å². The van der Waals surface area contributed by atoms with Crippen LogP contribution in [0.4, 0.5) is 0 Å². The number of aliphatic hydroxyl groups excluding tert-OH is 1.